The van der Waals surface area contributed by atoms with Gasteiger partial charge in [0, 0.05) is 43.4 Å². The van der Waals surface area contributed by atoms with E-state index in [1.54, 1.807) is 0 Å². The molecular formula is C21H35NO4. The van der Waals surface area contributed by atoms with Crippen molar-refractivity contribution in [2.45, 2.75) is 107 Å². The zero-order chi connectivity index (χ0) is 18.3. The van der Waals surface area contributed by atoms with E-state index in [1.165, 1.54) is 0 Å². The number of ether oxygens (including phenoxy) is 3. The Bertz CT molecular complexity index is 522. The smallest absolute Gasteiger partial charge is 0.168 e. The first kappa shape index (κ1) is 18.9. The van der Waals surface area contributed by atoms with Gasteiger partial charge < -0.3 is 19.5 Å². The van der Waals surface area contributed by atoms with Crippen LogP contribution in [0.15, 0.2) is 0 Å². The fraction of sp³-hybridized carbons (Fsp3) is 0.952. The van der Waals surface area contributed by atoms with Gasteiger partial charge in [-0.2, -0.15) is 0 Å². The lowest BCUT2D eigenvalue weighted by Crippen LogP contribution is -2.67. The van der Waals surface area contributed by atoms with Crippen LogP contribution in [-0.4, -0.2) is 48.1 Å². The van der Waals surface area contributed by atoms with Gasteiger partial charge in [-0.1, -0.05) is 6.92 Å². The molecule has 2 saturated carbocycles. The lowest BCUT2D eigenvalue weighted by Gasteiger charge is -2.55. The summed E-state index contributed by atoms with van der Waals surface area (Å²) in [5.41, 5.74) is -0.0844. The summed E-state index contributed by atoms with van der Waals surface area (Å²) in [5.74, 6) is 0.0748. The summed E-state index contributed by atoms with van der Waals surface area (Å²) < 4.78 is 17.9. The first-order valence-electron chi connectivity index (χ1n) is 10.6. The van der Waals surface area contributed by atoms with Crippen LogP contribution < -0.4 is 5.32 Å². The average Bonchev–Trinajstić information content (AvgIpc) is 3.08. The molecule has 0 unspecified atom stereocenters. The van der Waals surface area contributed by atoms with E-state index in [9.17, 15) is 4.79 Å². The minimum Gasteiger partial charge on any atom is -0.375 e. The largest absolute Gasteiger partial charge is 0.375 e. The predicted octanol–water partition coefficient (Wildman–Crippen LogP) is 3.49. The Hall–Kier alpha value is -0.490. The molecule has 5 heteroatoms. The second-order valence-electron chi connectivity index (χ2n) is 9.48. The van der Waals surface area contributed by atoms with Crippen molar-refractivity contribution in [3.05, 3.63) is 0 Å². The summed E-state index contributed by atoms with van der Waals surface area (Å²) in [6, 6.07) is 0. The highest BCUT2D eigenvalue weighted by Crippen LogP contribution is 2.48. The van der Waals surface area contributed by atoms with Gasteiger partial charge >= 0.3 is 0 Å². The van der Waals surface area contributed by atoms with Crippen LogP contribution in [0.4, 0.5) is 0 Å². The number of Topliss-reactive ketones (excluding diaryl/α,β-unsaturated/α-hetero) is 1. The van der Waals surface area contributed by atoms with Crippen LogP contribution in [0.1, 0.15) is 84.5 Å². The van der Waals surface area contributed by atoms with Crippen molar-refractivity contribution in [1.29, 1.82) is 0 Å². The van der Waals surface area contributed by atoms with Crippen LogP contribution in [0.3, 0.4) is 0 Å². The van der Waals surface area contributed by atoms with Crippen LogP contribution >= 0.6 is 0 Å². The van der Waals surface area contributed by atoms with Gasteiger partial charge in [-0.05, 0) is 51.9 Å². The summed E-state index contributed by atoms with van der Waals surface area (Å²) in [6.07, 6.45) is 10.4. The summed E-state index contributed by atoms with van der Waals surface area (Å²) >= 11 is 0. The van der Waals surface area contributed by atoms with Crippen molar-refractivity contribution in [2.24, 2.45) is 0 Å². The second-order valence-corrected chi connectivity index (χ2v) is 9.48. The quantitative estimate of drug-likeness (QED) is 0.830. The van der Waals surface area contributed by atoms with Gasteiger partial charge in [-0.15, -0.1) is 0 Å². The maximum atomic E-state index is 12.7. The zero-order valence-corrected chi connectivity index (χ0v) is 16.5. The minimum absolute atomic E-state index is 0.0151. The van der Waals surface area contributed by atoms with E-state index in [-0.39, 0.29) is 22.5 Å². The number of carbonyl (C=O) groups excluding carboxylic acids is 1. The highest BCUT2D eigenvalue weighted by atomic mass is 16.7. The second kappa shape index (κ2) is 6.84. The topological polar surface area (TPSA) is 56.8 Å². The molecule has 1 N–H and O–H groups in total. The highest BCUT2D eigenvalue weighted by molar-refractivity contribution is 5.82. The van der Waals surface area contributed by atoms with E-state index in [4.69, 9.17) is 14.2 Å². The van der Waals surface area contributed by atoms with E-state index < -0.39 is 0 Å². The summed E-state index contributed by atoms with van der Waals surface area (Å²) in [4.78, 5) is 12.7. The molecule has 3 spiro atoms. The van der Waals surface area contributed by atoms with Gasteiger partial charge in [0.15, 0.2) is 5.79 Å². The average molecular weight is 366 g/mol. The van der Waals surface area contributed by atoms with Crippen LogP contribution in [0, 0.1) is 0 Å². The van der Waals surface area contributed by atoms with Gasteiger partial charge in [-0.25, -0.2) is 0 Å². The third-order valence-corrected chi connectivity index (χ3v) is 7.30. The van der Waals surface area contributed by atoms with Crippen LogP contribution in [0.25, 0.3) is 0 Å². The number of hydrogen-bond acceptors (Lipinski definition) is 5. The Kier molecular flexibility index (Phi) is 4.96. The lowest BCUT2D eigenvalue weighted by atomic mass is 9.64. The maximum absolute atomic E-state index is 12.7. The third-order valence-electron chi connectivity index (χ3n) is 7.30. The molecule has 0 bridgehead atoms. The van der Waals surface area contributed by atoms with E-state index in [1.807, 2.05) is 0 Å². The Morgan fingerprint density at radius 2 is 1.46 bits per heavy atom. The van der Waals surface area contributed by atoms with Gasteiger partial charge in [0.25, 0.3) is 0 Å². The molecule has 4 fully saturated rings. The van der Waals surface area contributed by atoms with E-state index >= 15 is 0 Å². The lowest BCUT2D eigenvalue weighted by molar-refractivity contribution is -0.191. The molecule has 5 nitrogen and oxygen atoms in total. The zero-order valence-electron chi connectivity index (χ0n) is 16.5. The molecule has 0 aromatic carbocycles. The van der Waals surface area contributed by atoms with Crippen molar-refractivity contribution in [3.8, 4) is 0 Å². The van der Waals surface area contributed by atoms with Crippen LogP contribution in [0.2, 0.25) is 0 Å². The fourth-order valence-corrected chi connectivity index (χ4v) is 5.72. The first-order chi connectivity index (χ1) is 12.4. The molecule has 0 aromatic rings. The molecule has 2 aliphatic carbocycles. The highest BCUT2D eigenvalue weighted by Gasteiger charge is 2.54. The number of hydrogen-bond donors (Lipinski definition) is 1. The molecule has 2 saturated heterocycles. The van der Waals surface area contributed by atoms with Crippen molar-refractivity contribution < 1.29 is 19.0 Å². The summed E-state index contributed by atoms with van der Waals surface area (Å²) in [6.45, 7) is 6.66. The van der Waals surface area contributed by atoms with Gasteiger partial charge in [0.05, 0.1) is 18.8 Å². The van der Waals surface area contributed by atoms with Crippen molar-refractivity contribution in [3.63, 3.8) is 0 Å². The molecule has 0 radical (unpaired) electrons. The number of nitrogens with one attached hydrogen (secondary N) is 1. The predicted molar refractivity (Wildman–Crippen MR) is 99.1 cm³/mol. The van der Waals surface area contributed by atoms with Gasteiger partial charge in [0.2, 0.25) is 0 Å². The summed E-state index contributed by atoms with van der Waals surface area (Å²) in [7, 11) is 0. The number of ketones is 1. The van der Waals surface area contributed by atoms with Crippen molar-refractivity contribution in [2.75, 3.05) is 19.8 Å². The van der Waals surface area contributed by atoms with Crippen LogP contribution in [0.5, 0.6) is 0 Å². The first-order valence-corrected chi connectivity index (χ1v) is 10.6. The van der Waals surface area contributed by atoms with Gasteiger partial charge in [-0.3, -0.25) is 4.79 Å². The molecule has 26 heavy (non-hydrogen) atoms. The number of rotatable bonds is 3. The van der Waals surface area contributed by atoms with E-state index in [2.05, 4.69) is 19.2 Å². The van der Waals surface area contributed by atoms with Gasteiger partial charge in [0.1, 0.15) is 5.78 Å². The molecule has 2 heterocycles. The molecule has 148 valence electrons. The minimum atomic E-state index is -0.361. The van der Waals surface area contributed by atoms with Crippen molar-refractivity contribution in [1.82, 2.24) is 5.32 Å². The molecule has 4 aliphatic rings. The molecule has 0 aromatic heterocycles. The normalized spacial score (nSPS) is 39.1. The number of piperidine rings is 1. The molecule has 2 aliphatic heterocycles. The Morgan fingerprint density at radius 3 is 2.00 bits per heavy atom. The Morgan fingerprint density at radius 1 is 0.923 bits per heavy atom. The number of carbonyl (C=O) groups is 1. The SMILES string of the molecule is CCCOC1(C)CCC2(CC1)CC(=O)CC1(CCC3(CC1)OCCO3)N2. The maximum Gasteiger partial charge on any atom is 0.168 e. The molecule has 0 atom stereocenters. The standard InChI is InChI=1S/C21H35NO4/c1-3-12-24-18(2)4-6-19(7-5-18)15-17(23)16-20(22-19)8-10-21(11-9-20)25-13-14-26-21/h22H,3-16H2,1-2H3. The molecular weight excluding hydrogens is 330 g/mol. The molecule has 0 amide bonds. The van der Waals surface area contributed by atoms with E-state index in [0.717, 1.165) is 64.4 Å². The Labute approximate surface area is 157 Å². The van der Waals surface area contributed by atoms with Crippen molar-refractivity contribution >= 4 is 5.78 Å². The molecule has 4 rings (SSSR count). The monoisotopic (exact) mass is 365 g/mol. The van der Waals surface area contributed by atoms with E-state index in [0.29, 0.717) is 31.8 Å². The fourth-order valence-electron chi connectivity index (χ4n) is 5.72. The summed E-state index contributed by atoms with van der Waals surface area (Å²) in [5, 5.41) is 4.03. The third kappa shape index (κ3) is 3.60. The Balaban J connectivity index is 1.42. The van der Waals surface area contributed by atoms with Crippen LogP contribution in [-0.2, 0) is 19.0 Å².